The lowest BCUT2D eigenvalue weighted by Crippen LogP contribution is -2.40. The maximum atomic E-state index is 12.3. The molecule has 2 aromatic rings. The monoisotopic (exact) mass is 344 g/mol. The molecule has 2 heterocycles. The lowest BCUT2D eigenvalue weighted by molar-refractivity contribution is 0.201. The van der Waals surface area contributed by atoms with Crippen LogP contribution in [0.15, 0.2) is 43.0 Å². The molecular weight excluding hydrogens is 320 g/mol. The van der Waals surface area contributed by atoms with Gasteiger partial charge in [-0.3, -0.25) is 0 Å². The van der Waals surface area contributed by atoms with E-state index >= 15 is 0 Å². The third kappa shape index (κ3) is 4.77. The number of aromatic nitrogens is 2. The molecule has 1 aliphatic heterocycles. The normalized spacial score (nSPS) is 18.2. The molecule has 24 heavy (non-hydrogen) atoms. The maximum absolute atomic E-state index is 12.3. The van der Waals surface area contributed by atoms with Crippen molar-refractivity contribution in [3.05, 3.63) is 54.1 Å². The number of hydrogen-bond acceptors (Lipinski definition) is 3. The van der Waals surface area contributed by atoms with Crippen molar-refractivity contribution < 1.29 is 4.79 Å². The van der Waals surface area contributed by atoms with Crippen LogP contribution < -0.4 is 5.32 Å². The molecule has 0 bridgehead atoms. The van der Waals surface area contributed by atoms with E-state index in [2.05, 4.69) is 41.5 Å². The van der Waals surface area contributed by atoms with Crippen molar-refractivity contribution in [1.29, 1.82) is 0 Å². The van der Waals surface area contributed by atoms with Crippen molar-refractivity contribution in [2.24, 2.45) is 0 Å². The number of nitrogens with one attached hydrogen (secondary N) is 1. The van der Waals surface area contributed by atoms with E-state index in [0.29, 0.717) is 11.8 Å². The van der Waals surface area contributed by atoms with Gasteiger partial charge in [0.15, 0.2) is 0 Å². The van der Waals surface area contributed by atoms with Crippen molar-refractivity contribution in [3.8, 4) is 0 Å². The fourth-order valence-electron chi connectivity index (χ4n) is 2.74. The summed E-state index contributed by atoms with van der Waals surface area (Å²) in [5, 5.41) is 3.68. The highest BCUT2D eigenvalue weighted by Crippen LogP contribution is 2.18. The van der Waals surface area contributed by atoms with Crippen LogP contribution in [-0.4, -0.2) is 44.6 Å². The van der Waals surface area contributed by atoms with Gasteiger partial charge in [-0.25, -0.2) is 9.78 Å². The van der Waals surface area contributed by atoms with Crippen molar-refractivity contribution in [3.63, 3.8) is 0 Å². The molecule has 1 N–H and O–H groups in total. The highest BCUT2D eigenvalue weighted by atomic mass is 32.2. The molecule has 0 radical (unpaired) electrons. The number of nitrogens with zero attached hydrogens (tertiary/aromatic N) is 3. The van der Waals surface area contributed by atoms with E-state index in [-0.39, 0.29) is 6.03 Å². The minimum absolute atomic E-state index is 0.0483. The Hall–Kier alpha value is -1.95. The van der Waals surface area contributed by atoms with Gasteiger partial charge in [-0.15, -0.1) is 0 Å². The largest absolute Gasteiger partial charge is 0.334 e. The maximum Gasteiger partial charge on any atom is 0.317 e. The molecule has 0 unspecified atom stereocenters. The summed E-state index contributed by atoms with van der Waals surface area (Å²) in [5.74, 6) is 1.03. The lowest BCUT2D eigenvalue weighted by Gasteiger charge is -2.20. The van der Waals surface area contributed by atoms with Crippen LogP contribution in [0.2, 0.25) is 0 Å². The Morgan fingerprint density at radius 1 is 1.29 bits per heavy atom. The van der Waals surface area contributed by atoms with Gasteiger partial charge in [0.1, 0.15) is 0 Å². The molecule has 2 amide bonds. The standard InChI is InChI=1S/C18H24N4OS/c1-15-6-8-22(10-11-24-15)18(23)20-12-16-2-4-17(5-3-16)13-21-9-7-19-14-21/h2-5,7,9,14-15H,6,8,10-13H2,1H3,(H,20,23)/t15-/m0/s1. The smallest absolute Gasteiger partial charge is 0.317 e. The van der Waals surface area contributed by atoms with Gasteiger partial charge in [-0.2, -0.15) is 11.8 Å². The number of hydrogen-bond donors (Lipinski definition) is 1. The zero-order valence-electron chi connectivity index (χ0n) is 14.0. The number of carbonyl (C=O) groups is 1. The molecule has 0 saturated carbocycles. The Bertz CT molecular complexity index is 642. The molecule has 1 fully saturated rings. The summed E-state index contributed by atoms with van der Waals surface area (Å²) in [6, 6.07) is 8.41. The zero-order chi connectivity index (χ0) is 16.8. The fourth-order valence-corrected chi connectivity index (χ4v) is 3.74. The van der Waals surface area contributed by atoms with E-state index in [4.69, 9.17) is 0 Å². The van der Waals surface area contributed by atoms with Gasteiger partial charge in [-0.1, -0.05) is 31.2 Å². The highest BCUT2D eigenvalue weighted by Gasteiger charge is 2.18. The van der Waals surface area contributed by atoms with Gasteiger partial charge < -0.3 is 14.8 Å². The Labute approximate surface area is 147 Å². The first-order valence-corrected chi connectivity index (χ1v) is 9.43. The molecule has 1 saturated heterocycles. The predicted octanol–water partition coefficient (Wildman–Crippen LogP) is 2.97. The van der Waals surface area contributed by atoms with E-state index in [1.54, 1.807) is 6.20 Å². The molecule has 1 aromatic heterocycles. The first-order valence-electron chi connectivity index (χ1n) is 8.38. The molecule has 1 aliphatic rings. The first kappa shape index (κ1) is 16.9. The molecule has 3 rings (SSSR count). The summed E-state index contributed by atoms with van der Waals surface area (Å²) in [7, 11) is 0. The van der Waals surface area contributed by atoms with Crippen LogP contribution in [-0.2, 0) is 13.1 Å². The van der Waals surface area contributed by atoms with Crippen LogP contribution in [0.1, 0.15) is 24.5 Å². The summed E-state index contributed by atoms with van der Waals surface area (Å²) in [6.45, 7) is 5.31. The van der Waals surface area contributed by atoms with Crippen LogP contribution in [0.4, 0.5) is 4.79 Å². The third-order valence-corrected chi connectivity index (χ3v) is 5.47. The molecule has 128 valence electrons. The number of amides is 2. The molecule has 6 heteroatoms. The average molecular weight is 344 g/mol. The molecular formula is C18H24N4OS. The van der Waals surface area contributed by atoms with Crippen LogP contribution in [0.3, 0.4) is 0 Å². The first-order chi connectivity index (χ1) is 11.7. The summed E-state index contributed by atoms with van der Waals surface area (Å²) in [5.41, 5.74) is 2.34. The Kier molecular flexibility index (Phi) is 5.80. The quantitative estimate of drug-likeness (QED) is 0.928. The predicted molar refractivity (Wildman–Crippen MR) is 98.1 cm³/mol. The number of imidazole rings is 1. The summed E-state index contributed by atoms with van der Waals surface area (Å²) >= 11 is 1.95. The molecule has 1 aromatic carbocycles. The van der Waals surface area contributed by atoms with E-state index in [0.717, 1.165) is 37.4 Å². The summed E-state index contributed by atoms with van der Waals surface area (Å²) < 4.78 is 2.04. The lowest BCUT2D eigenvalue weighted by atomic mass is 10.1. The van der Waals surface area contributed by atoms with Crippen molar-refractivity contribution in [2.45, 2.75) is 31.7 Å². The van der Waals surface area contributed by atoms with Crippen LogP contribution in [0.5, 0.6) is 0 Å². The van der Waals surface area contributed by atoms with E-state index in [1.165, 1.54) is 5.56 Å². The second kappa shape index (κ2) is 8.24. The van der Waals surface area contributed by atoms with Gasteiger partial charge in [-0.05, 0) is 17.5 Å². The molecule has 0 spiro atoms. The number of urea groups is 1. The van der Waals surface area contributed by atoms with Gasteiger partial charge in [0.2, 0.25) is 0 Å². The molecule has 1 atom stereocenters. The number of carbonyl (C=O) groups excluding carboxylic acids is 1. The molecule has 0 aliphatic carbocycles. The average Bonchev–Trinajstić information content (AvgIpc) is 3.00. The van der Waals surface area contributed by atoms with Gasteiger partial charge in [0.25, 0.3) is 0 Å². The van der Waals surface area contributed by atoms with Crippen LogP contribution in [0, 0.1) is 0 Å². The Morgan fingerprint density at radius 2 is 2.08 bits per heavy atom. The van der Waals surface area contributed by atoms with Crippen molar-refractivity contribution in [2.75, 3.05) is 18.8 Å². The SMILES string of the molecule is C[C@H]1CCN(C(=O)NCc2ccc(Cn3ccnc3)cc2)CCS1. The number of rotatable bonds is 4. The Morgan fingerprint density at radius 3 is 2.83 bits per heavy atom. The van der Waals surface area contributed by atoms with Gasteiger partial charge >= 0.3 is 6.03 Å². The van der Waals surface area contributed by atoms with Gasteiger partial charge in [0, 0.05) is 49.6 Å². The summed E-state index contributed by atoms with van der Waals surface area (Å²) in [6.07, 6.45) is 6.62. The second-order valence-electron chi connectivity index (χ2n) is 6.17. The van der Waals surface area contributed by atoms with E-state index < -0.39 is 0 Å². The zero-order valence-corrected chi connectivity index (χ0v) is 14.8. The number of benzene rings is 1. The van der Waals surface area contributed by atoms with E-state index in [1.807, 2.05) is 33.8 Å². The van der Waals surface area contributed by atoms with Gasteiger partial charge in [0.05, 0.1) is 6.33 Å². The van der Waals surface area contributed by atoms with Crippen LogP contribution >= 0.6 is 11.8 Å². The Balaban J connectivity index is 1.48. The van der Waals surface area contributed by atoms with Crippen molar-refractivity contribution >= 4 is 17.8 Å². The highest BCUT2D eigenvalue weighted by molar-refractivity contribution is 7.99. The van der Waals surface area contributed by atoms with Crippen molar-refractivity contribution in [1.82, 2.24) is 19.8 Å². The minimum atomic E-state index is 0.0483. The minimum Gasteiger partial charge on any atom is -0.334 e. The van der Waals surface area contributed by atoms with E-state index in [9.17, 15) is 4.79 Å². The third-order valence-electron chi connectivity index (χ3n) is 4.25. The van der Waals surface area contributed by atoms with Crippen LogP contribution in [0.25, 0.3) is 0 Å². The topological polar surface area (TPSA) is 50.2 Å². The summed E-state index contributed by atoms with van der Waals surface area (Å²) in [4.78, 5) is 18.3. The number of thioether (sulfide) groups is 1. The molecule has 5 nitrogen and oxygen atoms in total. The fraction of sp³-hybridized carbons (Fsp3) is 0.444. The second-order valence-corrected chi connectivity index (χ2v) is 7.71.